The number of para-hydroxylation sites is 6. The number of aromatic nitrogens is 7. The summed E-state index contributed by atoms with van der Waals surface area (Å²) in [4.78, 5) is 41.2. The molecule has 0 saturated carbocycles. The van der Waals surface area contributed by atoms with Crippen molar-refractivity contribution in [3.8, 4) is 39.8 Å². The van der Waals surface area contributed by atoms with Crippen LogP contribution in [-0.4, -0.2) is 39.0 Å². The van der Waals surface area contributed by atoms with Gasteiger partial charge in [0, 0.05) is 71.3 Å². The minimum Gasteiger partial charge on any atom is -0.321 e. The van der Waals surface area contributed by atoms with Crippen molar-refractivity contribution >= 4 is 110 Å². The average molecular weight is 1150 g/mol. The maximum absolute atomic E-state index is 13.9. The van der Waals surface area contributed by atoms with Crippen LogP contribution < -0.4 is 5.56 Å². The maximum Gasteiger partial charge on any atom is 0.258 e. The van der Waals surface area contributed by atoms with Gasteiger partial charge in [0.2, 0.25) is 5.95 Å². The lowest BCUT2D eigenvalue weighted by Gasteiger charge is -2.17. The van der Waals surface area contributed by atoms with Crippen molar-refractivity contribution in [2.24, 2.45) is 5.92 Å². The average Bonchev–Trinajstić information content (AvgIpc) is 1.57. The van der Waals surface area contributed by atoms with Crippen LogP contribution in [0, 0.1) is 5.92 Å². The number of carbonyl (C=O) groups excluding carboxylic acids is 1. The van der Waals surface area contributed by atoms with Gasteiger partial charge in [-0.2, -0.15) is 0 Å². The molecular weight excluding hydrogens is 1090 g/mol. The molecule has 0 atom stereocenters. The molecule has 0 spiro atoms. The summed E-state index contributed by atoms with van der Waals surface area (Å²) in [6.45, 7) is 10.4. The minimum absolute atomic E-state index is 0.0792. The Morgan fingerprint density at radius 2 is 1.08 bits per heavy atom. The van der Waals surface area contributed by atoms with Crippen LogP contribution in [0.25, 0.3) is 144 Å². The minimum atomic E-state index is -0.105. The lowest BCUT2D eigenvalue weighted by molar-refractivity contribution is 0.101. The van der Waals surface area contributed by atoms with Gasteiger partial charge in [-0.3, -0.25) is 14.2 Å². The van der Waals surface area contributed by atoms with Gasteiger partial charge in [-0.15, -0.1) is 0 Å². The molecule has 0 amide bonds. The summed E-state index contributed by atoms with van der Waals surface area (Å²) < 4.78 is 9.08. The predicted octanol–water partition coefficient (Wildman–Crippen LogP) is 20.0. The molecule has 0 aliphatic carbocycles. The first-order valence-electron chi connectivity index (χ1n) is 30.7. The molecule has 0 saturated heterocycles. The Bertz CT molecular complexity index is 5600. The van der Waals surface area contributed by atoms with Crippen LogP contribution in [0.4, 0.5) is 0 Å². The third-order valence-electron chi connectivity index (χ3n) is 17.3. The summed E-state index contributed by atoms with van der Waals surface area (Å²) in [5.41, 5.74) is 17.9. The van der Waals surface area contributed by atoms with Crippen molar-refractivity contribution in [1.82, 2.24) is 33.2 Å². The van der Waals surface area contributed by atoms with Crippen LogP contribution in [0.5, 0.6) is 0 Å². The standard InChI is InChI=1S/C41H25N5O.C39H38N2O/c47-40-37-31-23-30-27-17-9-12-22-34(27)46(41-43-32-20-10-7-18-28(32)38(44-41)25-13-3-1-4-14-25)35(30)24-36(31)45(26-15-5-2-6-16-26)39(37)29-19-8-11-21-33(29)42-40;1-6-15-28-17-11-12-20-31(28)39-38(27(5)42)34-24-33-32-21-13-14-22-35(32)40(29-18-9-8-10-19-29)36(33)25-37(34)41(39)30(16-7-2)23-26(3)4/h1-24H,(H,42,47);7-14,16-26H,6,15H2,1-5H3/b;16-7-,30-23+. The lowest BCUT2D eigenvalue weighted by Crippen LogP contribution is -2.06. The summed E-state index contributed by atoms with van der Waals surface area (Å²) >= 11 is 0. The first kappa shape index (κ1) is 54.5. The summed E-state index contributed by atoms with van der Waals surface area (Å²) in [7, 11) is 0. The van der Waals surface area contributed by atoms with Gasteiger partial charge in [0.25, 0.3) is 5.56 Å². The second-order valence-corrected chi connectivity index (χ2v) is 23.3. The molecule has 0 aliphatic rings. The van der Waals surface area contributed by atoms with Gasteiger partial charge < -0.3 is 18.7 Å². The Morgan fingerprint density at radius 3 is 1.75 bits per heavy atom. The molecule has 430 valence electrons. The van der Waals surface area contributed by atoms with Crippen LogP contribution in [0.1, 0.15) is 57.0 Å². The van der Waals surface area contributed by atoms with E-state index in [4.69, 9.17) is 9.97 Å². The fourth-order valence-electron chi connectivity index (χ4n) is 13.7. The quantitative estimate of drug-likeness (QED) is 0.103. The molecule has 0 radical (unpaired) electrons. The van der Waals surface area contributed by atoms with Crippen molar-refractivity contribution in [3.63, 3.8) is 0 Å². The summed E-state index contributed by atoms with van der Waals surface area (Å²) in [6.07, 6.45) is 8.55. The van der Waals surface area contributed by atoms with Gasteiger partial charge in [-0.25, -0.2) is 9.97 Å². The monoisotopic (exact) mass is 1150 g/mol. The number of fused-ring (bicyclic) bond motifs is 13. The number of H-pyrrole nitrogens is 1. The molecule has 0 fully saturated rings. The van der Waals surface area contributed by atoms with Crippen molar-refractivity contribution < 1.29 is 4.79 Å². The fourth-order valence-corrected chi connectivity index (χ4v) is 13.7. The number of aromatic amines is 1. The van der Waals surface area contributed by atoms with Crippen LogP contribution in [0.15, 0.2) is 260 Å². The van der Waals surface area contributed by atoms with E-state index in [1.807, 2.05) is 78.9 Å². The van der Waals surface area contributed by atoms with E-state index in [0.29, 0.717) is 17.3 Å². The number of hydrogen-bond donors (Lipinski definition) is 1. The van der Waals surface area contributed by atoms with Crippen molar-refractivity contribution in [2.45, 2.75) is 47.5 Å². The zero-order chi connectivity index (χ0) is 60.4. The highest BCUT2D eigenvalue weighted by atomic mass is 16.1. The normalized spacial score (nSPS) is 12.2. The molecule has 6 aromatic heterocycles. The maximum atomic E-state index is 13.9. The van der Waals surface area contributed by atoms with E-state index in [1.165, 1.54) is 10.9 Å². The van der Waals surface area contributed by atoms with E-state index in [2.05, 4.69) is 227 Å². The largest absolute Gasteiger partial charge is 0.321 e. The van der Waals surface area contributed by atoms with Gasteiger partial charge in [0.05, 0.1) is 72.0 Å². The molecule has 16 rings (SSSR count). The Hall–Kier alpha value is -11.2. The first-order chi connectivity index (χ1) is 43.7. The SMILES string of the molecule is C/C=C\C(=C/C(C)C)n1c(-c2ccccc2CCC)c(C(C)=O)c2cc3c4ccccc4n(-c4ccccc4)c3cc21.O=c1[nH]c2ccccc2c2c1c1cc3c4ccccc4n(-c4nc(-c5ccccc5)c5ccccc5n4)c3cc1n2-c1ccccc1. The molecule has 89 heavy (non-hydrogen) atoms. The number of pyridine rings is 1. The molecule has 10 aromatic carbocycles. The van der Waals surface area contributed by atoms with Gasteiger partial charge in [0.1, 0.15) is 0 Å². The zero-order valence-corrected chi connectivity index (χ0v) is 50.2. The van der Waals surface area contributed by atoms with Gasteiger partial charge >= 0.3 is 0 Å². The highest BCUT2D eigenvalue weighted by Gasteiger charge is 2.28. The number of nitrogens with one attached hydrogen (secondary N) is 1. The van der Waals surface area contributed by atoms with Crippen LogP contribution in [-0.2, 0) is 6.42 Å². The third kappa shape index (κ3) is 9.07. The number of allylic oxidation sites excluding steroid dienone is 4. The molecule has 0 bridgehead atoms. The number of aryl methyl sites for hydroxylation is 1. The number of Topliss-reactive ketones (excluding diaryl/α,β-unsaturated/α-hetero) is 1. The van der Waals surface area contributed by atoms with Crippen LogP contribution >= 0.6 is 0 Å². The molecule has 6 heterocycles. The molecule has 16 aromatic rings. The second-order valence-electron chi connectivity index (χ2n) is 23.3. The summed E-state index contributed by atoms with van der Waals surface area (Å²) in [5, 5.41) is 8.99. The highest BCUT2D eigenvalue weighted by Crippen LogP contribution is 2.45. The molecular formula is C80H63N7O2. The van der Waals surface area contributed by atoms with Gasteiger partial charge in [-0.05, 0) is 111 Å². The van der Waals surface area contributed by atoms with Crippen LogP contribution in [0.2, 0.25) is 0 Å². The number of benzene rings is 10. The number of rotatable bonds is 11. The summed E-state index contributed by atoms with van der Waals surface area (Å²) in [6, 6.07) is 81.7. The van der Waals surface area contributed by atoms with E-state index in [9.17, 15) is 9.59 Å². The van der Waals surface area contributed by atoms with Crippen LogP contribution in [0.3, 0.4) is 0 Å². The van der Waals surface area contributed by atoms with E-state index >= 15 is 0 Å². The highest BCUT2D eigenvalue weighted by molar-refractivity contribution is 6.23. The molecule has 0 aliphatic heterocycles. The molecule has 1 N–H and O–H groups in total. The Labute approximate surface area is 514 Å². The number of hydrogen-bond acceptors (Lipinski definition) is 4. The lowest BCUT2D eigenvalue weighted by atomic mass is 9.95. The van der Waals surface area contributed by atoms with E-state index in [0.717, 1.165) is 145 Å². The van der Waals surface area contributed by atoms with Crippen molar-refractivity contribution in [3.05, 3.63) is 276 Å². The Morgan fingerprint density at radius 1 is 0.528 bits per heavy atom. The van der Waals surface area contributed by atoms with Gasteiger partial charge in [-0.1, -0.05) is 203 Å². The topological polar surface area (TPSA) is 95.4 Å². The molecule has 0 unspecified atom stereocenters. The second kappa shape index (κ2) is 22.3. The van der Waals surface area contributed by atoms with E-state index in [1.54, 1.807) is 6.92 Å². The Kier molecular flexibility index (Phi) is 13.6. The number of ketones is 1. The fraction of sp³-hybridized carbons (Fsp3) is 0.100. The third-order valence-corrected chi connectivity index (χ3v) is 17.3. The van der Waals surface area contributed by atoms with Gasteiger partial charge in [0.15, 0.2) is 5.78 Å². The smallest absolute Gasteiger partial charge is 0.258 e. The number of carbonyl (C=O) groups is 1. The molecule has 9 heteroatoms. The Balaban J connectivity index is 0.000000150. The van der Waals surface area contributed by atoms with Crippen molar-refractivity contribution in [2.75, 3.05) is 0 Å². The first-order valence-corrected chi connectivity index (χ1v) is 30.7. The predicted molar refractivity (Wildman–Crippen MR) is 371 cm³/mol. The van der Waals surface area contributed by atoms with Crippen molar-refractivity contribution in [1.29, 1.82) is 0 Å². The van der Waals surface area contributed by atoms with E-state index in [-0.39, 0.29) is 11.3 Å². The summed E-state index contributed by atoms with van der Waals surface area (Å²) in [5.74, 6) is 1.00. The zero-order valence-electron chi connectivity index (χ0n) is 50.2. The molecule has 9 nitrogen and oxygen atoms in total. The number of nitrogens with zero attached hydrogens (tertiary/aromatic N) is 6. The van der Waals surface area contributed by atoms with E-state index < -0.39 is 0 Å².